The zero-order chi connectivity index (χ0) is 18.5. The number of para-hydroxylation sites is 1. The summed E-state index contributed by atoms with van der Waals surface area (Å²) in [7, 11) is 0. The average Bonchev–Trinajstić information content (AvgIpc) is 2.63. The van der Waals surface area contributed by atoms with Crippen molar-refractivity contribution in [2.45, 2.75) is 33.0 Å². The second kappa shape index (κ2) is 7.82. The molecule has 0 atom stereocenters. The lowest BCUT2D eigenvalue weighted by Crippen LogP contribution is -2.37. The van der Waals surface area contributed by atoms with E-state index in [1.807, 2.05) is 68.4 Å². The van der Waals surface area contributed by atoms with Gasteiger partial charge in [-0.1, -0.05) is 42.5 Å². The number of anilines is 1. The molecule has 2 N–H and O–H groups in total. The van der Waals surface area contributed by atoms with Crippen molar-refractivity contribution < 1.29 is 4.79 Å². The maximum absolute atomic E-state index is 12.5. The molecule has 26 heavy (non-hydrogen) atoms. The largest absolute Gasteiger partial charge is 0.365 e. The molecular formula is C20H22N4O2. The predicted molar refractivity (Wildman–Crippen MR) is 103 cm³/mol. The molecule has 2 aromatic carbocycles. The summed E-state index contributed by atoms with van der Waals surface area (Å²) in [5.41, 5.74) is 1.33. The summed E-state index contributed by atoms with van der Waals surface area (Å²) < 4.78 is 1.40. The minimum Gasteiger partial charge on any atom is -0.365 e. The van der Waals surface area contributed by atoms with E-state index >= 15 is 0 Å². The molecule has 0 fully saturated rings. The molecule has 0 aliphatic carbocycles. The van der Waals surface area contributed by atoms with Gasteiger partial charge in [-0.25, -0.2) is 4.79 Å². The SMILES string of the molecule is CC(C)NC(=O)Cn1c(=O)nc(NCc2ccccc2)c2ccccc21. The van der Waals surface area contributed by atoms with Gasteiger partial charge in [0, 0.05) is 18.0 Å². The van der Waals surface area contributed by atoms with Gasteiger partial charge < -0.3 is 10.6 Å². The van der Waals surface area contributed by atoms with Crippen LogP contribution in [-0.4, -0.2) is 21.5 Å². The van der Waals surface area contributed by atoms with Crippen molar-refractivity contribution in [1.29, 1.82) is 0 Å². The highest BCUT2D eigenvalue weighted by Crippen LogP contribution is 2.20. The summed E-state index contributed by atoms with van der Waals surface area (Å²) in [6.07, 6.45) is 0. The van der Waals surface area contributed by atoms with Gasteiger partial charge in [0.2, 0.25) is 5.91 Å². The Kier molecular flexibility index (Phi) is 5.31. The van der Waals surface area contributed by atoms with E-state index in [0.29, 0.717) is 17.9 Å². The molecule has 0 radical (unpaired) electrons. The van der Waals surface area contributed by atoms with Gasteiger partial charge in [0.25, 0.3) is 0 Å². The van der Waals surface area contributed by atoms with E-state index in [2.05, 4.69) is 15.6 Å². The Bertz CT molecular complexity index is 964. The van der Waals surface area contributed by atoms with Gasteiger partial charge in [0.05, 0.1) is 5.52 Å². The number of aromatic nitrogens is 2. The molecule has 0 saturated heterocycles. The first kappa shape index (κ1) is 17.7. The normalized spacial score (nSPS) is 10.9. The Morgan fingerprint density at radius 1 is 1.08 bits per heavy atom. The van der Waals surface area contributed by atoms with Crippen LogP contribution in [-0.2, 0) is 17.9 Å². The van der Waals surface area contributed by atoms with Crippen LogP contribution in [0.2, 0.25) is 0 Å². The average molecular weight is 350 g/mol. The van der Waals surface area contributed by atoms with E-state index in [-0.39, 0.29) is 18.5 Å². The van der Waals surface area contributed by atoms with Crippen LogP contribution in [0.1, 0.15) is 19.4 Å². The van der Waals surface area contributed by atoms with Gasteiger partial charge >= 0.3 is 5.69 Å². The Hall–Kier alpha value is -3.15. The van der Waals surface area contributed by atoms with Crippen molar-refractivity contribution in [1.82, 2.24) is 14.9 Å². The number of carbonyl (C=O) groups excluding carboxylic acids is 1. The van der Waals surface area contributed by atoms with Crippen LogP contribution in [0.15, 0.2) is 59.4 Å². The highest BCUT2D eigenvalue weighted by Gasteiger charge is 2.13. The molecule has 134 valence electrons. The van der Waals surface area contributed by atoms with Crippen molar-refractivity contribution in [3.63, 3.8) is 0 Å². The molecule has 3 rings (SSSR count). The van der Waals surface area contributed by atoms with Crippen molar-refractivity contribution in [2.75, 3.05) is 5.32 Å². The minimum atomic E-state index is -0.446. The van der Waals surface area contributed by atoms with E-state index in [9.17, 15) is 9.59 Å². The fourth-order valence-electron chi connectivity index (χ4n) is 2.81. The lowest BCUT2D eigenvalue weighted by Gasteiger charge is -2.14. The Morgan fingerprint density at radius 2 is 1.77 bits per heavy atom. The van der Waals surface area contributed by atoms with Gasteiger partial charge in [-0.2, -0.15) is 4.98 Å². The molecule has 0 aliphatic heterocycles. The number of carbonyl (C=O) groups is 1. The molecule has 0 spiro atoms. The van der Waals surface area contributed by atoms with E-state index in [0.717, 1.165) is 10.9 Å². The fourth-order valence-corrected chi connectivity index (χ4v) is 2.81. The van der Waals surface area contributed by atoms with Crippen LogP contribution in [0, 0.1) is 0 Å². The van der Waals surface area contributed by atoms with Crippen LogP contribution in [0.3, 0.4) is 0 Å². The molecule has 6 nitrogen and oxygen atoms in total. The first-order valence-electron chi connectivity index (χ1n) is 8.61. The number of amides is 1. The monoisotopic (exact) mass is 350 g/mol. The van der Waals surface area contributed by atoms with Gasteiger partial charge in [-0.15, -0.1) is 0 Å². The molecule has 0 unspecified atom stereocenters. The number of hydrogen-bond donors (Lipinski definition) is 2. The third-order valence-electron chi connectivity index (χ3n) is 3.94. The summed E-state index contributed by atoms with van der Waals surface area (Å²) in [5.74, 6) is 0.314. The number of benzene rings is 2. The third kappa shape index (κ3) is 4.08. The number of nitrogens with zero attached hydrogens (tertiary/aromatic N) is 2. The van der Waals surface area contributed by atoms with Crippen LogP contribution in [0.25, 0.3) is 10.9 Å². The number of fused-ring (bicyclic) bond motifs is 1. The standard InChI is InChI=1S/C20H22N4O2/c1-14(2)22-18(25)13-24-17-11-7-6-10-16(17)19(23-20(24)26)21-12-15-8-4-3-5-9-15/h3-11,14H,12-13H2,1-2H3,(H,22,25)(H,21,23,26). The Balaban J connectivity index is 1.93. The van der Waals surface area contributed by atoms with E-state index in [1.54, 1.807) is 0 Å². The first-order chi connectivity index (χ1) is 12.5. The summed E-state index contributed by atoms with van der Waals surface area (Å²) in [6.45, 7) is 4.28. The summed E-state index contributed by atoms with van der Waals surface area (Å²) >= 11 is 0. The minimum absolute atomic E-state index is 0.0178. The van der Waals surface area contributed by atoms with Gasteiger partial charge in [-0.3, -0.25) is 9.36 Å². The molecule has 1 heterocycles. The topological polar surface area (TPSA) is 76.0 Å². The molecule has 0 aliphatic rings. The Labute approximate surface area is 151 Å². The second-order valence-electron chi connectivity index (χ2n) is 6.41. The smallest absolute Gasteiger partial charge is 0.350 e. The predicted octanol–water partition coefficient (Wildman–Crippen LogP) is 2.53. The van der Waals surface area contributed by atoms with Crippen LogP contribution in [0.4, 0.5) is 5.82 Å². The highest BCUT2D eigenvalue weighted by molar-refractivity contribution is 5.90. The summed E-state index contributed by atoms with van der Waals surface area (Å²) in [5, 5.41) is 6.84. The molecule has 6 heteroatoms. The third-order valence-corrected chi connectivity index (χ3v) is 3.94. The maximum Gasteiger partial charge on any atom is 0.350 e. The molecular weight excluding hydrogens is 328 g/mol. The highest BCUT2D eigenvalue weighted by atomic mass is 16.2. The Morgan fingerprint density at radius 3 is 2.50 bits per heavy atom. The number of hydrogen-bond acceptors (Lipinski definition) is 4. The van der Waals surface area contributed by atoms with Crippen LogP contribution >= 0.6 is 0 Å². The number of rotatable bonds is 6. The maximum atomic E-state index is 12.5. The van der Waals surface area contributed by atoms with E-state index in [1.165, 1.54) is 4.57 Å². The lowest BCUT2D eigenvalue weighted by atomic mass is 10.2. The quantitative estimate of drug-likeness (QED) is 0.716. The molecule has 0 bridgehead atoms. The first-order valence-corrected chi connectivity index (χ1v) is 8.61. The van der Waals surface area contributed by atoms with Gasteiger partial charge in [0.1, 0.15) is 12.4 Å². The van der Waals surface area contributed by atoms with E-state index in [4.69, 9.17) is 0 Å². The summed E-state index contributed by atoms with van der Waals surface area (Å²) in [4.78, 5) is 28.8. The lowest BCUT2D eigenvalue weighted by molar-refractivity contribution is -0.122. The summed E-state index contributed by atoms with van der Waals surface area (Å²) in [6, 6.07) is 17.4. The number of nitrogens with one attached hydrogen (secondary N) is 2. The van der Waals surface area contributed by atoms with Crippen molar-refractivity contribution in [3.05, 3.63) is 70.6 Å². The van der Waals surface area contributed by atoms with Crippen LogP contribution in [0.5, 0.6) is 0 Å². The second-order valence-corrected chi connectivity index (χ2v) is 6.41. The van der Waals surface area contributed by atoms with Crippen molar-refractivity contribution in [3.8, 4) is 0 Å². The van der Waals surface area contributed by atoms with Crippen molar-refractivity contribution >= 4 is 22.6 Å². The molecule has 0 saturated carbocycles. The van der Waals surface area contributed by atoms with E-state index < -0.39 is 5.69 Å². The fraction of sp³-hybridized carbons (Fsp3) is 0.250. The zero-order valence-electron chi connectivity index (χ0n) is 14.9. The molecule has 1 amide bonds. The van der Waals surface area contributed by atoms with Gasteiger partial charge in [-0.05, 0) is 31.5 Å². The van der Waals surface area contributed by atoms with Gasteiger partial charge in [0.15, 0.2) is 0 Å². The zero-order valence-corrected chi connectivity index (χ0v) is 14.9. The van der Waals surface area contributed by atoms with Crippen molar-refractivity contribution in [2.24, 2.45) is 0 Å². The van der Waals surface area contributed by atoms with Crippen LogP contribution < -0.4 is 16.3 Å². The molecule has 1 aromatic heterocycles. The molecule has 3 aromatic rings.